The van der Waals surface area contributed by atoms with Crippen molar-refractivity contribution in [1.82, 2.24) is 10.2 Å². The maximum absolute atomic E-state index is 12.7. The van der Waals surface area contributed by atoms with Crippen LogP contribution < -0.4 is 15.4 Å². The van der Waals surface area contributed by atoms with Gasteiger partial charge >= 0.3 is 0 Å². The fourth-order valence-corrected chi connectivity index (χ4v) is 2.70. The average Bonchev–Trinajstić information content (AvgIpc) is 3.46. The van der Waals surface area contributed by atoms with Crippen molar-refractivity contribution in [2.45, 2.75) is 6.54 Å². The second-order valence-electron chi connectivity index (χ2n) is 6.24. The molecule has 3 aromatic rings. The molecule has 2 N–H and O–H groups in total. The van der Waals surface area contributed by atoms with Crippen molar-refractivity contribution < 1.29 is 28.0 Å². The lowest BCUT2D eigenvalue weighted by Crippen LogP contribution is -2.43. The van der Waals surface area contributed by atoms with Crippen molar-refractivity contribution >= 4 is 23.4 Å². The summed E-state index contributed by atoms with van der Waals surface area (Å²) in [4.78, 5) is 38.5. The average molecular weight is 411 g/mol. The van der Waals surface area contributed by atoms with E-state index in [1.165, 1.54) is 30.6 Å². The topological polar surface area (TPSA) is 114 Å². The Morgan fingerprint density at radius 2 is 1.77 bits per heavy atom. The number of amides is 3. The van der Waals surface area contributed by atoms with Gasteiger partial charge in [0.15, 0.2) is 5.76 Å². The lowest BCUT2D eigenvalue weighted by Gasteiger charge is -2.21. The number of furan rings is 2. The first-order valence-electron chi connectivity index (χ1n) is 9.11. The molecule has 0 spiro atoms. The van der Waals surface area contributed by atoms with E-state index in [1.54, 1.807) is 42.5 Å². The highest BCUT2D eigenvalue weighted by atomic mass is 16.5. The van der Waals surface area contributed by atoms with Gasteiger partial charge in [0.1, 0.15) is 18.1 Å². The molecule has 0 aliphatic heterocycles. The Kier molecular flexibility index (Phi) is 6.88. The Balaban J connectivity index is 1.64. The number of nitrogens with zero attached hydrogens (tertiary/aromatic N) is 1. The summed E-state index contributed by atoms with van der Waals surface area (Å²) in [6, 6.07) is 13.4. The lowest BCUT2D eigenvalue weighted by molar-refractivity contribution is -0.134. The zero-order chi connectivity index (χ0) is 21.3. The molecule has 1 aromatic carbocycles. The number of carbonyl (C=O) groups is 3. The Morgan fingerprint density at radius 1 is 1.00 bits per heavy atom. The van der Waals surface area contributed by atoms with Crippen LogP contribution in [0, 0.1) is 0 Å². The molecule has 3 rings (SSSR count). The van der Waals surface area contributed by atoms with E-state index >= 15 is 0 Å². The summed E-state index contributed by atoms with van der Waals surface area (Å²) >= 11 is 0. The minimum atomic E-state index is -0.523. The molecular weight excluding hydrogens is 390 g/mol. The number of rotatable bonds is 9. The Hall–Kier alpha value is -4.01. The number of methoxy groups -OCH3 is 1. The Morgan fingerprint density at radius 3 is 2.47 bits per heavy atom. The minimum absolute atomic E-state index is 0.0712. The summed E-state index contributed by atoms with van der Waals surface area (Å²) in [7, 11) is 1.50. The summed E-state index contributed by atoms with van der Waals surface area (Å²) in [5, 5.41) is 5.20. The zero-order valence-electron chi connectivity index (χ0n) is 16.3. The first kappa shape index (κ1) is 20.7. The number of nitrogens with one attached hydrogen (secondary N) is 2. The molecule has 0 radical (unpaired) electrons. The minimum Gasteiger partial charge on any atom is -0.495 e. The summed E-state index contributed by atoms with van der Waals surface area (Å²) in [6.07, 6.45) is 2.84. The molecule has 2 aromatic heterocycles. The maximum Gasteiger partial charge on any atom is 0.287 e. The van der Waals surface area contributed by atoms with Gasteiger partial charge in [0.05, 0.1) is 38.4 Å². The standard InChI is InChI=1S/C21H21N3O6/c1-28-17-8-3-2-7-16(17)23-19(25)14-24(13-15-6-4-10-29-15)20(26)12-22-21(27)18-9-5-11-30-18/h2-11H,12-14H2,1H3,(H,22,27)(H,23,25). The molecule has 9 nitrogen and oxygen atoms in total. The predicted octanol–water partition coefficient (Wildman–Crippen LogP) is 2.28. The molecule has 156 valence electrons. The van der Waals surface area contributed by atoms with Crippen molar-refractivity contribution in [2.75, 3.05) is 25.5 Å². The van der Waals surface area contributed by atoms with Gasteiger partial charge in [-0.1, -0.05) is 12.1 Å². The van der Waals surface area contributed by atoms with Crippen molar-refractivity contribution in [3.8, 4) is 5.75 Å². The van der Waals surface area contributed by atoms with Crippen molar-refractivity contribution in [2.24, 2.45) is 0 Å². The highest BCUT2D eigenvalue weighted by Crippen LogP contribution is 2.22. The molecule has 0 aliphatic rings. The fourth-order valence-electron chi connectivity index (χ4n) is 2.70. The van der Waals surface area contributed by atoms with Gasteiger partial charge in [-0.2, -0.15) is 0 Å². The number of anilines is 1. The highest BCUT2D eigenvalue weighted by molar-refractivity contribution is 5.97. The van der Waals surface area contributed by atoms with Crippen LogP contribution in [0.15, 0.2) is 69.9 Å². The summed E-state index contributed by atoms with van der Waals surface area (Å²) in [5.41, 5.74) is 0.488. The molecule has 0 saturated heterocycles. The van der Waals surface area contributed by atoms with Gasteiger partial charge in [-0.05, 0) is 36.4 Å². The first-order valence-corrected chi connectivity index (χ1v) is 9.11. The van der Waals surface area contributed by atoms with Gasteiger partial charge in [0.25, 0.3) is 5.91 Å². The Labute approximate surface area is 172 Å². The molecule has 0 saturated carbocycles. The van der Waals surface area contributed by atoms with Crippen LogP contribution in [-0.4, -0.2) is 42.8 Å². The normalized spacial score (nSPS) is 10.3. The van der Waals surface area contributed by atoms with E-state index in [2.05, 4.69) is 10.6 Å². The SMILES string of the molecule is COc1ccccc1NC(=O)CN(Cc1ccco1)C(=O)CNC(=O)c1ccco1. The second kappa shape index (κ2) is 9.97. The highest BCUT2D eigenvalue weighted by Gasteiger charge is 2.21. The third-order valence-corrected chi connectivity index (χ3v) is 4.14. The van der Waals surface area contributed by atoms with Crippen molar-refractivity contribution in [3.05, 3.63) is 72.6 Å². The number of hydrogen-bond donors (Lipinski definition) is 2. The molecule has 9 heteroatoms. The number of para-hydroxylation sites is 2. The predicted molar refractivity (Wildman–Crippen MR) is 107 cm³/mol. The van der Waals surface area contributed by atoms with Gasteiger partial charge in [0, 0.05) is 0 Å². The molecule has 0 atom stereocenters. The van der Waals surface area contributed by atoms with Crippen LogP contribution in [-0.2, 0) is 16.1 Å². The van der Waals surface area contributed by atoms with Crippen molar-refractivity contribution in [1.29, 1.82) is 0 Å². The van der Waals surface area contributed by atoms with Crippen LogP contribution in [0.25, 0.3) is 0 Å². The monoisotopic (exact) mass is 411 g/mol. The molecule has 30 heavy (non-hydrogen) atoms. The molecule has 2 heterocycles. The molecule has 0 fully saturated rings. The quantitative estimate of drug-likeness (QED) is 0.558. The van der Waals surface area contributed by atoms with E-state index < -0.39 is 17.7 Å². The fraction of sp³-hybridized carbons (Fsp3) is 0.190. The summed E-state index contributed by atoms with van der Waals surface area (Å²) in [5.74, 6) is -0.302. The number of benzene rings is 1. The van der Waals surface area contributed by atoms with E-state index in [1.807, 2.05) is 0 Å². The van der Waals surface area contributed by atoms with Gasteiger partial charge < -0.3 is 29.1 Å². The first-order chi connectivity index (χ1) is 14.6. The molecule has 3 amide bonds. The summed E-state index contributed by atoms with van der Waals surface area (Å²) in [6.45, 7) is -0.474. The molecule has 0 unspecified atom stereocenters. The zero-order valence-corrected chi connectivity index (χ0v) is 16.3. The molecule has 0 bridgehead atoms. The third kappa shape index (κ3) is 5.51. The number of ether oxygens (including phenoxy) is 1. The van der Waals surface area contributed by atoms with E-state index in [0.29, 0.717) is 17.2 Å². The van der Waals surface area contributed by atoms with Crippen LogP contribution in [0.2, 0.25) is 0 Å². The van der Waals surface area contributed by atoms with E-state index in [4.69, 9.17) is 13.6 Å². The third-order valence-electron chi connectivity index (χ3n) is 4.14. The van der Waals surface area contributed by atoms with Gasteiger partial charge in [0.2, 0.25) is 11.8 Å². The van der Waals surface area contributed by atoms with Gasteiger partial charge in [-0.25, -0.2) is 0 Å². The van der Waals surface area contributed by atoms with Gasteiger partial charge in [-0.15, -0.1) is 0 Å². The molecule has 0 aliphatic carbocycles. The van der Waals surface area contributed by atoms with E-state index in [0.717, 1.165) is 0 Å². The number of carbonyl (C=O) groups excluding carboxylic acids is 3. The van der Waals surface area contributed by atoms with Crippen LogP contribution in [0.1, 0.15) is 16.3 Å². The maximum atomic E-state index is 12.7. The smallest absolute Gasteiger partial charge is 0.287 e. The second-order valence-corrected chi connectivity index (χ2v) is 6.24. The lowest BCUT2D eigenvalue weighted by atomic mass is 10.3. The van der Waals surface area contributed by atoms with Crippen LogP contribution in [0.3, 0.4) is 0 Å². The van der Waals surface area contributed by atoms with Crippen LogP contribution in [0.4, 0.5) is 5.69 Å². The van der Waals surface area contributed by atoms with Gasteiger partial charge in [-0.3, -0.25) is 14.4 Å². The van der Waals surface area contributed by atoms with Crippen LogP contribution in [0.5, 0.6) is 5.75 Å². The van der Waals surface area contributed by atoms with E-state index in [9.17, 15) is 14.4 Å². The summed E-state index contributed by atoms with van der Waals surface area (Å²) < 4.78 is 15.5. The van der Waals surface area contributed by atoms with E-state index in [-0.39, 0.29) is 25.4 Å². The number of hydrogen-bond acceptors (Lipinski definition) is 6. The molecular formula is C21H21N3O6. The van der Waals surface area contributed by atoms with Crippen molar-refractivity contribution in [3.63, 3.8) is 0 Å². The largest absolute Gasteiger partial charge is 0.495 e. The van der Waals surface area contributed by atoms with Crippen LogP contribution >= 0.6 is 0 Å². The Bertz CT molecular complexity index is 982.